The minimum absolute atomic E-state index is 0.129. The van der Waals surface area contributed by atoms with Crippen molar-refractivity contribution in [2.24, 2.45) is 28.3 Å². The van der Waals surface area contributed by atoms with Gasteiger partial charge in [-0.05, 0) is 68.4 Å². The number of hydrazone groups is 1. The number of pyridine rings is 1. The van der Waals surface area contributed by atoms with E-state index in [0.29, 0.717) is 0 Å². The van der Waals surface area contributed by atoms with Crippen LogP contribution in [0.5, 0.6) is 0 Å². The molecule has 1 heterocycles. The van der Waals surface area contributed by atoms with Crippen molar-refractivity contribution in [3.05, 3.63) is 66.0 Å². The zero-order valence-corrected chi connectivity index (χ0v) is 15.5. The van der Waals surface area contributed by atoms with Gasteiger partial charge < -0.3 is 0 Å². The average Bonchev–Trinajstić information content (AvgIpc) is 2.69. The van der Waals surface area contributed by atoms with E-state index in [1.165, 1.54) is 19.3 Å². The van der Waals surface area contributed by atoms with Gasteiger partial charge in [0.05, 0.1) is 11.1 Å². The Kier molecular flexibility index (Phi) is 4.07. The molecule has 4 nitrogen and oxygen atoms in total. The third-order valence-corrected chi connectivity index (χ3v) is 6.79. The van der Waals surface area contributed by atoms with Crippen LogP contribution in [0.1, 0.15) is 49.7 Å². The second-order valence-corrected chi connectivity index (χ2v) is 8.70. The fourth-order valence-electron chi connectivity index (χ4n) is 6.02. The van der Waals surface area contributed by atoms with Gasteiger partial charge in [0.25, 0.3) is 0 Å². The Labute approximate surface area is 160 Å². The van der Waals surface area contributed by atoms with Gasteiger partial charge in [-0.1, -0.05) is 30.3 Å². The van der Waals surface area contributed by atoms with Gasteiger partial charge >= 0.3 is 0 Å². The number of nitrogens with zero attached hydrogens (tertiary/aromatic N) is 2. The van der Waals surface area contributed by atoms with Crippen molar-refractivity contribution >= 4 is 11.6 Å². The SMILES string of the molecule is O=C(N/N=C(/c1ccccc1)c1ccncc1)C12CC3CC(CC(C3)C1)C2. The molecule has 1 amide bonds. The molecule has 4 bridgehead atoms. The minimum Gasteiger partial charge on any atom is -0.273 e. The first-order valence-electron chi connectivity index (χ1n) is 10.1. The topological polar surface area (TPSA) is 54.4 Å². The Hall–Kier alpha value is -2.49. The second kappa shape index (κ2) is 6.59. The third kappa shape index (κ3) is 3.07. The Morgan fingerprint density at radius 1 is 0.889 bits per heavy atom. The lowest BCUT2D eigenvalue weighted by molar-refractivity contribution is -0.146. The van der Waals surface area contributed by atoms with E-state index < -0.39 is 0 Å². The van der Waals surface area contributed by atoms with E-state index in [2.05, 4.69) is 15.5 Å². The lowest BCUT2D eigenvalue weighted by Gasteiger charge is -2.55. The van der Waals surface area contributed by atoms with E-state index in [0.717, 1.165) is 53.9 Å². The molecule has 4 aliphatic carbocycles. The van der Waals surface area contributed by atoms with Gasteiger partial charge in [-0.15, -0.1) is 0 Å². The molecule has 4 aliphatic rings. The molecule has 4 fully saturated rings. The van der Waals surface area contributed by atoms with Gasteiger partial charge in [0.1, 0.15) is 0 Å². The standard InChI is InChI=1S/C23H25N3O/c27-22(23-13-16-10-17(14-23)12-18(11-16)15-23)26-25-21(19-4-2-1-3-5-19)20-6-8-24-9-7-20/h1-9,16-18H,10-15H2,(H,26,27)/b25-21-. The summed E-state index contributed by atoms with van der Waals surface area (Å²) in [6.45, 7) is 0. The van der Waals surface area contributed by atoms with E-state index in [1.807, 2.05) is 42.5 Å². The number of carbonyl (C=O) groups excluding carboxylic acids is 1. The fourth-order valence-corrected chi connectivity index (χ4v) is 6.02. The highest BCUT2D eigenvalue weighted by molar-refractivity contribution is 6.13. The molecule has 0 atom stereocenters. The number of aromatic nitrogens is 1. The van der Waals surface area contributed by atoms with Crippen LogP contribution in [0.3, 0.4) is 0 Å². The van der Waals surface area contributed by atoms with E-state index in [-0.39, 0.29) is 11.3 Å². The molecule has 1 N–H and O–H groups in total. The van der Waals surface area contributed by atoms with Crippen molar-refractivity contribution in [3.8, 4) is 0 Å². The first-order chi connectivity index (χ1) is 13.2. The normalized spacial score (nSPS) is 31.7. The summed E-state index contributed by atoms with van der Waals surface area (Å²) < 4.78 is 0. The summed E-state index contributed by atoms with van der Waals surface area (Å²) in [5, 5.41) is 4.61. The second-order valence-electron chi connectivity index (χ2n) is 8.70. The average molecular weight is 359 g/mol. The molecule has 2 aromatic rings. The molecular formula is C23H25N3O. The van der Waals surface area contributed by atoms with Crippen LogP contribution in [-0.4, -0.2) is 16.6 Å². The monoisotopic (exact) mass is 359 g/mol. The van der Waals surface area contributed by atoms with Crippen LogP contribution in [0, 0.1) is 23.2 Å². The summed E-state index contributed by atoms with van der Waals surface area (Å²) in [5.74, 6) is 2.38. The van der Waals surface area contributed by atoms with Crippen LogP contribution in [-0.2, 0) is 4.79 Å². The van der Waals surface area contributed by atoms with Crippen LogP contribution in [0.25, 0.3) is 0 Å². The van der Waals surface area contributed by atoms with Crippen LogP contribution >= 0.6 is 0 Å². The summed E-state index contributed by atoms with van der Waals surface area (Å²) in [7, 11) is 0. The van der Waals surface area contributed by atoms with Crippen molar-refractivity contribution in [2.45, 2.75) is 38.5 Å². The van der Waals surface area contributed by atoms with Gasteiger partial charge in [0.15, 0.2) is 0 Å². The van der Waals surface area contributed by atoms with Gasteiger partial charge in [-0.25, -0.2) is 5.43 Å². The zero-order valence-electron chi connectivity index (χ0n) is 15.5. The lowest BCUT2D eigenvalue weighted by Crippen LogP contribution is -2.52. The van der Waals surface area contributed by atoms with Gasteiger partial charge in [-0.3, -0.25) is 9.78 Å². The Morgan fingerprint density at radius 2 is 1.44 bits per heavy atom. The Morgan fingerprint density at radius 3 is 2.04 bits per heavy atom. The molecule has 4 heteroatoms. The van der Waals surface area contributed by atoms with Crippen molar-refractivity contribution in [1.29, 1.82) is 0 Å². The largest absolute Gasteiger partial charge is 0.273 e. The highest BCUT2D eigenvalue weighted by atomic mass is 16.2. The molecule has 0 aliphatic heterocycles. The molecule has 0 radical (unpaired) electrons. The maximum absolute atomic E-state index is 13.2. The van der Waals surface area contributed by atoms with Crippen LogP contribution < -0.4 is 5.43 Å². The first kappa shape index (κ1) is 16.7. The van der Waals surface area contributed by atoms with E-state index in [1.54, 1.807) is 12.4 Å². The highest BCUT2D eigenvalue weighted by Crippen LogP contribution is 2.60. The lowest BCUT2D eigenvalue weighted by atomic mass is 9.49. The highest BCUT2D eigenvalue weighted by Gasteiger charge is 2.54. The van der Waals surface area contributed by atoms with E-state index >= 15 is 0 Å². The predicted molar refractivity (Wildman–Crippen MR) is 105 cm³/mol. The molecule has 138 valence electrons. The summed E-state index contributed by atoms with van der Waals surface area (Å²) >= 11 is 0. The third-order valence-electron chi connectivity index (χ3n) is 6.79. The number of rotatable bonds is 4. The number of nitrogens with one attached hydrogen (secondary N) is 1. The van der Waals surface area contributed by atoms with E-state index in [9.17, 15) is 4.79 Å². The van der Waals surface area contributed by atoms with Crippen molar-refractivity contribution < 1.29 is 4.79 Å². The molecule has 0 unspecified atom stereocenters. The number of carbonyl (C=O) groups is 1. The summed E-state index contributed by atoms with van der Waals surface area (Å²) in [5.41, 5.74) is 5.53. The Balaban J connectivity index is 1.43. The van der Waals surface area contributed by atoms with Crippen molar-refractivity contribution in [1.82, 2.24) is 10.4 Å². The van der Waals surface area contributed by atoms with Crippen LogP contribution in [0.15, 0.2) is 60.0 Å². The molecule has 27 heavy (non-hydrogen) atoms. The first-order valence-corrected chi connectivity index (χ1v) is 10.1. The number of hydrogen-bond acceptors (Lipinski definition) is 3. The predicted octanol–water partition coefficient (Wildman–Crippen LogP) is 4.17. The minimum atomic E-state index is -0.182. The van der Waals surface area contributed by atoms with Crippen molar-refractivity contribution in [3.63, 3.8) is 0 Å². The molecule has 0 spiro atoms. The molecule has 1 aromatic carbocycles. The molecular weight excluding hydrogens is 334 g/mol. The maximum atomic E-state index is 13.2. The number of hydrogen-bond donors (Lipinski definition) is 1. The smallest absolute Gasteiger partial charge is 0.246 e. The van der Waals surface area contributed by atoms with Gasteiger partial charge in [-0.2, -0.15) is 5.10 Å². The van der Waals surface area contributed by atoms with Crippen molar-refractivity contribution in [2.75, 3.05) is 0 Å². The van der Waals surface area contributed by atoms with Gasteiger partial charge in [0, 0.05) is 23.5 Å². The van der Waals surface area contributed by atoms with E-state index in [4.69, 9.17) is 0 Å². The molecule has 6 rings (SSSR count). The quantitative estimate of drug-likeness (QED) is 0.658. The fraction of sp³-hybridized carbons (Fsp3) is 0.435. The summed E-state index contributed by atoms with van der Waals surface area (Å²) in [4.78, 5) is 17.3. The number of benzene rings is 1. The zero-order chi connectivity index (χ0) is 18.3. The molecule has 0 saturated heterocycles. The van der Waals surface area contributed by atoms with Crippen LogP contribution in [0.4, 0.5) is 0 Å². The number of amides is 1. The maximum Gasteiger partial charge on any atom is 0.246 e. The molecule has 4 saturated carbocycles. The van der Waals surface area contributed by atoms with Gasteiger partial charge in [0.2, 0.25) is 5.91 Å². The van der Waals surface area contributed by atoms with Crippen LogP contribution in [0.2, 0.25) is 0 Å². The Bertz CT molecular complexity index is 783. The molecule has 1 aromatic heterocycles. The summed E-state index contributed by atoms with van der Waals surface area (Å²) in [6.07, 6.45) is 10.7. The summed E-state index contributed by atoms with van der Waals surface area (Å²) in [6, 6.07) is 13.9.